The van der Waals surface area contributed by atoms with Gasteiger partial charge in [0.1, 0.15) is 0 Å². The van der Waals surface area contributed by atoms with Crippen molar-refractivity contribution in [3.63, 3.8) is 0 Å². The minimum Gasteiger partial charge on any atom is -0.341 e. The van der Waals surface area contributed by atoms with Gasteiger partial charge in [0.2, 0.25) is 5.91 Å². The van der Waals surface area contributed by atoms with Crippen molar-refractivity contribution in [2.24, 2.45) is 0 Å². The minimum absolute atomic E-state index is 0.402. The molecule has 3 N–H and O–H groups in total. The lowest BCUT2D eigenvalue weighted by molar-refractivity contribution is -0.119. The second-order valence-electron chi connectivity index (χ2n) is 3.90. The van der Waals surface area contributed by atoms with Crippen molar-refractivity contribution in [1.29, 1.82) is 0 Å². The summed E-state index contributed by atoms with van der Waals surface area (Å²) in [6, 6.07) is 1.16. The Morgan fingerprint density at radius 3 is 2.95 bits per heavy atom. The lowest BCUT2D eigenvalue weighted by atomic mass is 10.4. The number of pyridine rings is 1. The van der Waals surface area contributed by atoms with Crippen molar-refractivity contribution in [3.05, 3.63) is 17.3 Å². The number of aromatic nitrogens is 3. The topological polar surface area (TPSA) is 99.8 Å². The van der Waals surface area contributed by atoms with E-state index in [1.54, 1.807) is 13.0 Å². The largest absolute Gasteiger partial charge is 0.341 e. The number of fused-ring (bicyclic) bond motifs is 1. The molecule has 0 aliphatic carbocycles. The quantitative estimate of drug-likeness (QED) is 0.746. The maximum atomic E-state index is 11.7. The van der Waals surface area contributed by atoms with Gasteiger partial charge in [-0.2, -0.15) is 0 Å². The summed E-state index contributed by atoms with van der Waals surface area (Å²) in [5.41, 5.74) is 1.22. The van der Waals surface area contributed by atoms with Gasteiger partial charge in [-0.05, 0) is 13.0 Å². The number of H-pyrrole nitrogens is 1. The van der Waals surface area contributed by atoms with Gasteiger partial charge in [0.05, 0.1) is 15.8 Å². The Morgan fingerprint density at radius 2 is 2.25 bits per heavy atom. The number of carbonyl (C=O) groups is 2. The summed E-state index contributed by atoms with van der Waals surface area (Å²) in [4.78, 5) is 34.1. The van der Waals surface area contributed by atoms with Gasteiger partial charge in [0.25, 0.3) is 0 Å². The first-order chi connectivity index (χ1) is 9.49. The van der Waals surface area contributed by atoms with Crippen molar-refractivity contribution >= 4 is 46.5 Å². The summed E-state index contributed by atoms with van der Waals surface area (Å²) < 4.78 is 0. The molecule has 1 atom stereocenters. The molecule has 0 radical (unpaired) electrons. The molecule has 0 unspecified atom stereocenters. The molecule has 2 heterocycles. The fourth-order valence-electron chi connectivity index (χ4n) is 1.41. The highest BCUT2D eigenvalue weighted by Crippen LogP contribution is 2.23. The number of hydrogen-bond donors (Lipinski definition) is 3. The van der Waals surface area contributed by atoms with Gasteiger partial charge in [0.15, 0.2) is 10.8 Å². The van der Waals surface area contributed by atoms with E-state index < -0.39 is 17.2 Å². The number of hydrogen-bond acceptors (Lipinski definition) is 5. The predicted molar refractivity (Wildman–Crippen MR) is 76.8 cm³/mol. The third-order valence-corrected chi connectivity index (χ3v) is 3.59. The van der Waals surface area contributed by atoms with Crippen LogP contribution in [0.3, 0.4) is 0 Å². The lowest BCUT2D eigenvalue weighted by Gasteiger charge is -2.08. The molecule has 7 nitrogen and oxygen atoms in total. The van der Waals surface area contributed by atoms with Gasteiger partial charge < -0.3 is 10.3 Å². The first kappa shape index (κ1) is 14.6. The highest BCUT2D eigenvalue weighted by Gasteiger charge is 2.18. The summed E-state index contributed by atoms with van der Waals surface area (Å²) in [6.45, 7) is 1.68. The van der Waals surface area contributed by atoms with Crippen LogP contribution in [0, 0.1) is 0 Å². The third kappa shape index (κ3) is 3.40. The predicted octanol–water partition coefficient (Wildman–Crippen LogP) is 1.55. The smallest absolute Gasteiger partial charge is 0.321 e. The Morgan fingerprint density at radius 1 is 1.50 bits per heavy atom. The van der Waals surface area contributed by atoms with E-state index in [0.29, 0.717) is 21.3 Å². The molecule has 0 saturated heterocycles. The van der Waals surface area contributed by atoms with Crippen molar-refractivity contribution in [2.45, 2.75) is 17.3 Å². The zero-order chi connectivity index (χ0) is 14.7. The molecule has 2 aromatic heterocycles. The maximum absolute atomic E-state index is 11.7. The Labute approximate surface area is 123 Å². The molecule has 0 aliphatic rings. The number of amides is 3. The van der Waals surface area contributed by atoms with Crippen LogP contribution in [-0.4, -0.2) is 39.2 Å². The zero-order valence-corrected chi connectivity index (χ0v) is 12.3. The third-order valence-electron chi connectivity index (χ3n) is 2.40. The van der Waals surface area contributed by atoms with E-state index in [0.717, 1.165) is 0 Å². The second kappa shape index (κ2) is 6.10. The van der Waals surface area contributed by atoms with Crippen molar-refractivity contribution in [3.8, 4) is 0 Å². The molecule has 2 rings (SSSR count). The van der Waals surface area contributed by atoms with E-state index in [4.69, 9.17) is 11.6 Å². The average Bonchev–Trinajstić information content (AvgIpc) is 2.79. The molecule has 106 valence electrons. The maximum Gasteiger partial charge on any atom is 0.321 e. The van der Waals surface area contributed by atoms with Gasteiger partial charge >= 0.3 is 6.03 Å². The van der Waals surface area contributed by atoms with E-state index in [9.17, 15) is 9.59 Å². The van der Waals surface area contributed by atoms with Crippen LogP contribution in [0.1, 0.15) is 6.92 Å². The minimum atomic E-state index is -0.541. The average molecular weight is 314 g/mol. The number of nitrogens with one attached hydrogen (secondary N) is 3. The molecule has 20 heavy (non-hydrogen) atoms. The summed E-state index contributed by atoms with van der Waals surface area (Å²) in [7, 11) is 1.44. The van der Waals surface area contributed by atoms with Gasteiger partial charge in [-0.3, -0.25) is 10.1 Å². The Hall–Kier alpha value is -1.80. The normalized spacial score (nSPS) is 12.2. The number of imide groups is 1. The number of thioether (sulfide) groups is 1. The van der Waals surface area contributed by atoms with Crippen LogP contribution in [-0.2, 0) is 4.79 Å². The van der Waals surface area contributed by atoms with Gasteiger partial charge in [-0.15, -0.1) is 0 Å². The Kier molecular flexibility index (Phi) is 4.46. The van der Waals surface area contributed by atoms with E-state index in [1.165, 1.54) is 25.0 Å². The van der Waals surface area contributed by atoms with E-state index in [2.05, 4.69) is 25.6 Å². The molecule has 0 saturated carbocycles. The first-order valence-electron chi connectivity index (χ1n) is 5.70. The molecular formula is C11H12ClN5O2S. The molecule has 0 aromatic carbocycles. The molecule has 0 bridgehead atoms. The summed E-state index contributed by atoms with van der Waals surface area (Å²) in [6.07, 6.45) is 1.50. The van der Waals surface area contributed by atoms with Crippen molar-refractivity contribution < 1.29 is 9.59 Å². The molecule has 9 heteroatoms. The first-order valence-corrected chi connectivity index (χ1v) is 6.96. The molecular weight excluding hydrogens is 302 g/mol. The fraction of sp³-hybridized carbons (Fsp3) is 0.273. The number of rotatable bonds is 3. The molecule has 3 amide bonds. The van der Waals surface area contributed by atoms with E-state index in [-0.39, 0.29) is 0 Å². The number of imidazole rings is 1. The second-order valence-corrected chi connectivity index (χ2v) is 5.66. The number of carbonyl (C=O) groups excluding carboxylic acids is 2. The number of nitrogens with zero attached hydrogens (tertiary/aromatic N) is 2. The molecule has 0 fully saturated rings. The monoisotopic (exact) mass is 313 g/mol. The van der Waals surface area contributed by atoms with Crippen molar-refractivity contribution in [2.75, 3.05) is 7.05 Å². The number of urea groups is 1. The van der Waals surface area contributed by atoms with Gasteiger partial charge in [-0.1, -0.05) is 23.4 Å². The lowest BCUT2D eigenvalue weighted by Crippen LogP contribution is -2.41. The standard InChI is InChI=1S/C11H12ClN5O2S/c1-5(9(18)17-10(19)13-2)20-11-15-7-3-6(12)4-14-8(7)16-11/h3-5H,1-2H3,(H,14,15,16)(H2,13,17,18,19)/t5-/m0/s1. The highest BCUT2D eigenvalue weighted by atomic mass is 35.5. The number of aromatic amines is 1. The van der Waals surface area contributed by atoms with Crippen LogP contribution in [0.25, 0.3) is 11.2 Å². The molecule has 2 aromatic rings. The summed E-state index contributed by atoms with van der Waals surface area (Å²) >= 11 is 7.03. The molecule has 0 spiro atoms. The van der Waals surface area contributed by atoms with Crippen LogP contribution < -0.4 is 10.6 Å². The SMILES string of the molecule is CNC(=O)NC(=O)[C@H](C)Sc1nc2ncc(Cl)cc2[nH]1. The fourth-order valence-corrected chi connectivity index (χ4v) is 2.37. The highest BCUT2D eigenvalue weighted by molar-refractivity contribution is 8.00. The van der Waals surface area contributed by atoms with E-state index in [1.807, 2.05) is 0 Å². The van der Waals surface area contributed by atoms with Crippen LogP contribution in [0.4, 0.5) is 4.79 Å². The summed E-state index contributed by atoms with van der Waals surface area (Å²) in [5.74, 6) is -0.402. The van der Waals surface area contributed by atoms with Crippen LogP contribution >= 0.6 is 23.4 Å². The molecule has 0 aliphatic heterocycles. The van der Waals surface area contributed by atoms with Crippen LogP contribution in [0.2, 0.25) is 5.02 Å². The number of halogens is 1. The van der Waals surface area contributed by atoms with Gasteiger partial charge in [0, 0.05) is 13.2 Å². The van der Waals surface area contributed by atoms with Gasteiger partial charge in [-0.25, -0.2) is 14.8 Å². The van der Waals surface area contributed by atoms with E-state index >= 15 is 0 Å². The van der Waals surface area contributed by atoms with Crippen LogP contribution in [0.15, 0.2) is 17.4 Å². The Balaban J connectivity index is 2.07. The Bertz CT molecular complexity index is 659. The summed E-state index contributed by atoms with van der Waals surface area (Å²) in [5, 5.41) is 5.07. The van der Waals surface area contributed by atoms with Crippen molar-refractivity contribution in [1.82, 2.24) is 25.6 Å². The van der Waals surface area contributed by atoms with Crippen LogP contribution in [0.5, 0.6) is 0 Å². The zero-order valence-electron chi connectivity index (χ0n) is 10.7.